The second-order valence-corrected chi connectivity index (χ2v) is 4.38. The van der Waals surface area contributed by atoms with Crippen LogP contribution in [0, 0.1) is 5.82 Å². The molecule has 0 aliphatic heterocycles. The topological polar surface area (TPSA) is 68.0 Å². The van der Waals surface area contributed by atoms with Gasteiger partial charge in [0.15, 0.2) is 0 Å². The first kappa shape index (κ1) is 12.3. The Labute approximate surface area is 113 Å². The maximum atomic E-state index is 12.8. The molecule has 0 amide bonds. The smallest absolute Gasteiger partial charge is 0.335 e. The maximum absolute atomic E-state index is 12.8. The molecule has 6 heteroatoms. The number of fused-ring (bicyclic) bond motifs is 1. The van der Waals surface area contributed by atoms with E-state index in [9.17, 15) is 9.18 Å². The molecule has 0 aliphatic carbocycles. The fourth-order valence-electron chi connectivity index (χ4n) is 1.98. The van der Waals surface area contributed by atoms with Gasteiger partial charge in [-0.3, -0.25) is 0 Å². The number of nitrogens with zero attached hydrogens (tertiary/aromatic N) is 3. The lowest BCUT2D eigenvalue weighted by molar-refractivity contribution is 0.0697. The third kappa shape index (κ3) is 2.23. The highest BCUT2D eigenvalue weighted by atomic mass is 19.1. The summed E-state index contributed by atoms with van der Waals surface area (Å²) in [6.07, 6.45) is 0. The first-order chi connectivity index (χ1) is 9.63. The Morgan fingerprint density at radius 2 is 1.95 bits per heavy atom. The molecule has 0 atom stereocenters. The lowest BCUT2D eigenvalue weighted by Crippen LogP contribution is -2.02. The summed E-state index contributed by atoms with van der Waals surface area (Å²) in [7, 11) is 0. The van der Waals surface area contributed by atoms with Gasteiger partial charge < -0.3 is 5.11 Å². The van der Waals surface area contributed by atoms with E-state index in [0.29, 0.717) is 12.1 Å². The number of carboxylic acids is 1. The summed E-state index contributed by atoms with van der Waals surface area (Å²) in [5, 5.41) is 16.9. The zero-order valence-corrected chi connectivity index (χ0v) is 10.3. The Morgan fingerprint density at radius 3 is 2.65 bits per heavy atom. The molecule has 1 aromatic heterocycles. The second kappa shape index (κ2) is 4.73. The van der Waals surface area contributed by atoms with Crippen molar-refractivity contribution in [1.29, 1.82) is 0 Å². The summed E-state index contributed by atoms with van der Waals surface area (Å²) < 4.78 is 14.5. The van der Waals surface area contributed by atoms with E-state index in [1.54, 1.807) is 22.9 Å². The maximum Gasteiger partial charge on any atom is 0.335 e. The molecule has 3 aromatic rings. The highest BCUT2D eigenvalue weighted by Crippen LogP contribution is 2.15. The van der Waals surface area contributed by atoms with Gasteiger partial charge >= 0.3 is 5.97 Å². The van der Waals surface area contributed by atoms with Crippen molar-refractivity contribution in [2.75, 3.05) is 0 Å². The van der Waals surface area contributed by atoms with E-state index < -0.39 is 5.97 Å². The van der Waals surface area contributed by atoms with Crippen LogP contribution in [0.1, 0.15) is 15.9 Å². The van der Waals surface area contributed by atoms with E-state index in [4.69, 9.17) is 5.11 Å². The predicted octanol–water partition coefficient (Wildman–Crippen LogP) is 2.32. The molecule has 100 valence electrons. The summed E-state index contributed by atoms with van der Waals surface area (Å²) >= 11 is 0. The minimum atomic E-state index is -1.00. The van der Waals surface area contributed by atoms with Gasteiger partial charge in [-0.15, -0.1) is 5.10 Å². The molecule has 1 heterocycles. The Hall–Kier alpha value is -2.76. The van der Waals surface area contributed by atoms with Gasteiger partial charge in [-0.2, -0.15) is 0 Å². The van der Waals surface area contributed by atoms with E-state index in [-0.39, 0.29) is 11.4 Å². The molecule has 0 fully saturated rings. The molecule has 1 N–H and O–H groups in total. The number of carbonyl (C=O) groups is 1. The van der Waals surface area contributed by atoms with Crippen LogP contribution in [0.15, 0.2) is 42.5 Å². The summed E-state index contributed by atoms with van der Waals surface area (Å²) in [4.78, 5) is 10.9. The SMILES string of the molecule is O=C(O)c1ccc2c(c1)nnn2Cc1ccc(F)cc1. The van der Waals surface area contributed by atoms with E-state index in [1.165, 1.54) is 24.3 Å². The molecule has 5 nitrogen and oxygen atoms in total. The van der Waals surface area contributed by atoms with Crippen molar-refractivity contribution in [3.8, 4) is 0 Å². The zero-order valence-electron chi connectivity index (χ0n) is 10.3. The third-order valence-corrected chi connectivity index (χ3v) is 3.01. The first-order valence-corrected chi connectivity index (χ1v) is 5.94. The summed E-state index contributed by atoms with van der Waals surface area (Å²) in [6, 6.07) is 10.8. The Kier molecular flexibility index (Phi) is 2.90. The summed E-state index contributed by atoms with van der Waals surface area (Å²) in [5.41, 5.74) is 2.32. The van der Waals surface area contributed by atoms with Gasteiger partial charge in [-0.25, -0.2) is 13.9 Å². The molecular weight excluding hydrogens is 261 g/mol. The van der Waals surface area contributed by atoms with Crippen LogP contribution in [-0.2, 0) is 6.54 Å². The minimum Gasteiger partial charge on any atom is -0.478 e. The van der Waals surface area contributed by atoms with Crippen molar-refractivity contribution in [3.05, 3.63) is 59.4 Å². The molecule has 0 aliphatic rings. The van der Waals surface area contributed by atoms with Crippen LogP contribution in [-0.4, -0.2) is 26.1 Å². The van der Waals surface area contributed by atoms with Crippen LogP contribution in [0.25, 0.3) is 11.0 Å². The number of aromatic carboxylic acids is 1. The average molecular weight is 271 g/mol. The number of carboxylic acid groups (broad SMARTS) is 1. The number of hydrogen-bond donors (Lipinski definition) is 1. The van der Waals surface area contributed by atoms with Crippen LogP contribution in [0.4, 0.5) is 4.39 Å². The van der Waals surface area contributed by atoms with Gasteiger partial charge in [-0.05, 0) is 35.9 Å². The summed E-state index contributed by atoms with van der Waals surface area (Å²) in [6.45, 7) is 0.448. The minimum absolute atomic E-state index is 0.173. The van der Waals surface area contributed by atoms with Crippen LogP contribution >= 0.6 is 0 Å². The number of aromatic nitrogens is 3. The van der Waals surface area contributed by atoms with Crippen molar-refractivity contribution >= 4 is 17.0 Å². The van der Waals surface area contributed by atoms with Gasteiger partial charge in [0.2, 0.25) is 0 Å². The molecule has 3 rings (SSSR count). The first-order valence-electron chi connectivity index (χ1n) is 5.94. The van der Waals surface area contributed by atoms with Gasteiger partial charge in [0.25, 0.3) is 0 Å². The highest BCUT2D eigenvalue weighted by Gasteiger charge is 2.09. The fraction of sp³-hybridized carbons (Fsp3) is 0.0714. The van der Waals surface area contributed by atoms with Crippen molar-refractivity contribution in [2.24, 2.45) is 0 Å². The van der Waals surface area contributed by atoms with Crippen LogP contribution in [0.5, 0.6) is 0 Å². The van der Waals surface area contributed by atoms with Crippen molar-refractivity contribution < 1.29 is 14.3 Å². The average Bonchev–Trinajstić information content (AvgIpc) is 2.84. The van der Waals surface area contributed by atoms with Crippen LogP contribution in [0.3, 0.4) is 0 Å². The third-order valence-electron chi connectivity index (χ3n) is 3.01. The van der Waals surface area contributed by atoms with Gasteiger partial charge in [0.05, 0.1) is 17.6 Å². The van der Waals surface area contributed by atoms with Crippen molar-refractivity contribution in [3.63, 3.8) is 0 Å². The second-order valence-electron chi connectivity index (χ2n) is 4.38. The van der Waals surface area contributed by atoms with E-state index >= 15 is 0 Å². The zero-order chi connectivity index (χ0) is 14.1. The predicted molar refractivity (Wildman–Crippen MR) is 70.0 cm³/mol. The van der Waals surface area contributed by atoms with Crippen molar-refractivity contribution in [2.45, 2.75) is 6.54 Å². The van der Waals surface area contributed by atoms with Gasteiger partial charge in [0.1, 0.15) is 11.3 Å². The fourth-order valence-corrected chi connectivity index (χ4v) is 1.98. The molecular formula is C14H10FN3O2. The number of hydrogen-bond acceptors (Lipinski definition) is 3. The molecule has 0 bridgehead atoms. The molecule has 0 spiro atoms. The number of rotatable bonds is 3. The van der Waals surface area contributed by atoms with E-state index in [1.807, 2.05) is 0 Å². The Morgan fingerprint density at radius 1 is 1.20 bits per heavy atom. The summed E-state index contributed by atoms with van der Waals surface area (Å²) in [5.74, 6) is -1.29. The standard InChI is InChI=1S/C14H10FN3O2/c15-11-4-1-9(2-5-11)8-18-13-6-3-10(14(19)20)7-12(13)16-17-18/h1-7H,8H2,(H,19,20). The lowest BCUT2D eigenvalue weighted by Gasteiger charge is -2.02. The largest absolute Gasteiger partial charge is 0.478 e. The highest BCUT2D eigenvalue weighted by molar-refractivity contribution is 5.92. The van der Waals surface area contributed by atoms with E-state index in [2.05, 4.69) is 10.3 Å². The molecule has 0 unspecified atom stereocenters. The Balaban J connectivity index is 1.96. The van der Waals surface area contributed by atoms with E-state index in [0.717, 1.165) is 11.1 Å². The number of halogens is 1. The van der Waals surface area contributed by atoms with Crippen LogP contribution in [0.2, 0.25) is 0 Å². The quantitative estimate of drug-likeness (QED) is 0.793. The molecule has 20 heavy (non-hydrogen) atoms. The van der Waals surface area contributed by atoms with Crippen molar-refractivity contribution in [1.82, 2.24) is 15.0 Å². The molecule has 0 radical (unpaired) electrons. The Bertz CT molecular complexity index is 781. The number of benzene rings is 2. The molecule has 0 saturated heterocycles. The molecule has 2 aromatic carbocycles. The van der Waals surface area contributed by atoms with Gasteiger partial charge in [-0.1, -0.05) is 17.3 Å². The lowest BCUT2D eigenvalue weighted by atomic mass is 10.2. The monoisotopic (exact) mass is 271 g/mol. The van der Waals surface area contributed by atoms with Gasteiger partial charge in [0, 0.05) is 0 Å². The molecule has 0 saturated carbocycles. The van der Waals surface area contributed by atoms with Crippen LogP contribution < -0.4 is 0 Å². The normalized spacial score (nSPS) is 10.8.